The van der Waals surface area contributed by atoms with Crippen LogP contribution in [-0.4, -0.2) is 63.8 Å². The molecule has 4 rings (SSSR count). The van der Waals surface area contributed by atoms with Gasteiger partial charge in [-0.3, -0.25) is 14.6 Å². The van der Waals surface area contributed by atoms with Crippen molar-refractivity contribution < 1.29 is 9.59 Å². The third kappa shape index (κ3) is 4.54. The number of fused-ring (bicyclic) bond motifs is 1. The molecule has 0 spiro atoms. The molecule has 1 saturated heterocycles. The van der Waals surface area contributed by atoms with Crippen molar-refractivity contribution in [1.82, 2.24) is 24.8 Å². The highest BCUT2D eigenvalue weighted by molar-refractivity contribution is 6.05. The van der Waals surface area contributed by atoms with Gasteiger partial charge in [0.05, 0.1) is 12.2 Å². The van der Waals surface area contributed by atoms with Crippen LogP contribution in [0.1, 0.15) is 47.7 Å². The largest absolute Gasteiger partial charge is 0.373 e. The van der Waals surface area contributed by atoms with Gasteiger partial charge >= 0.3 is 0 Å². The van der Waals surface area contributed by atoms with Crippen molar-refractivity contribution in [3.8, 4) is 0 Å². The van der Waals surface area contributed by atoms with E-state index in [1.54, 1.807) is 18.1 Å². The summed E-state index contributed by atoms with van der Waals surface area (Å²) in [6.07, 6.45) is 3.47. The lowest BCUT2D eigenvalue weighted by molar-refractivity contribution is -0.128. The van der Waals surface area contributed by atoms with Gasteiger partial charge in [0.15, 0.2) is 0 Å². The van der Waals surface area contributed by atoms with Crippen molar-refractivity contribution in [2.45, 2.75) is 32.2 Å². The van der Waals surface area contributed by atoms with Crippen LogP contribution < -0.4 is 5.32 Å². The van der Waals surface area contributed by atoms with Crippen molar-refractivity contribution in [1.29, 1.82) is 0 Å². The number of nitrogens with zero attached hydrogens (tertiary/aromatic N) is 5. The molecular formula is C24H28N6O2. The first-order valence-corrected chi connectivity index (χ1v) is 10.9. The number of rotatable bonds is 5. The Labute approximate surface area is 187 Å². The number of likely N-dealkylation sites (tertiary alicyclic amines) is 1. The lowest BCUT2D eigenvalue weighted by Crippen LogP contribution is -2.40. The molecule has 1 fully saturated rings. The van der Waals surface area contributed by atoms with Crippen LogP contribution in [0.5, 0.6) is 0 Å². The van der Waals surface area contributed by atoms with E-state index in [0.717, 1.165) is 29.3 Å². The Bertz CT molecular complexity index is 1140. The quantitative estimate of drug-likeness (QED) is 0.666. The van der Waals surface area contributed by atoms with Crippen LogP contribution >= 0.6 is 0 Å². The third-order valence-corrected chi connectivity index (χ3v) is 5.94. The third-order valence-electron chi connectivity index (χ3n) is 5.94. The average Bonchev–Trinajstić information content (AvgIpc) is 2.83. The van der Waals surface area contributed by atoms with E-state index >= 15 is 0 Å². The van der Waals surface area contributed by atoms with Crippen LogP contribution in [0.15, 0.2) is 42.6 Å². The summed E-state index contributed by atoms with van der Waals surface area (Å²) in [6.45, 7) is 3.17. The van der Waals surface area contributed by atoms with Gasteiger partial charge in [0.25, 0.3) is 5.91 Å². The van der Waals surface area contributed by atoms with Gasteiger partial charge in [0, 0.05) is 57.7 Å². The number of benzene rings is 1. The number of aromatic nitrogens is 3. The summed E-state index contributed by atoms with van der Waals surface area (Å²) in [4.78, 5) is 42.3. The molecular weight excluding hydrogens is 404 g/mol. The number of carbonyl (C=O) groups is 2. The SMILES string of the molecule is CNc1cc(CN(C)C(C)=O)nc(C2CCCN(C(=O)c3nccc4ccccc34)C2)n1. The second kappa shape index (κ2) is 9.30. The summed E-state index contributed by atoms with van der Waals surface area (Å²) in [5.41, 5.74) is 1.26. The molecule has 1 aliphatic rings. The molecule has 8 heteroatoms. The summed E-state index contributed by atoms with van der Waals surface area (Å²) in [7, 11) is 3.56. The first kappa shape index (κ1) is 21.7. The minimum absolute atomic E-state index is 0.0202. The van der Waals surface area contributed by atoms with Crippen molar-refractivity contribution in [3.63, 3.8) is 0 Å². The van der Waals surface area contributed by atoms with E-state index in [4.69, 9.17) is 4.98 Å². The molecule has 3 aromatic rings. The Morgan fingerprint density at radius 2 is 2.03 bits per heavy atom. The number of hydrogen-bond donors (Lipinski definition) is 1. The van der Waals surface area contributed by atoms with Gasteiger partial charge in [-0.05, 0) is 24.3 Å². The van der Waals surface area contributed by atoms with Crippen LogP contribution in [0.25, 0.3) is 10.8 Å². The number of hydrogen-bond acceptors (Lipinski definition) is 6. The van der Waals surface area contributed by atoms with Crippen molar-refractivity contribution in [2.24, 2.45) is 0 Å². The van der Waals surface area contributed by atoms with Crippen LogP contribution in [0.3, 0.4) is 0 Å². The molecule has 1 aromatic carbocycles. The maximum absolute atomic E-state index is 13.4. The molecule has 8 nitrogen and oxygen atoms in total. The van der Waals surface area contributed by atoms with Crippen LogP contribution in [0, 0.1) is 0 Å². The molecule has 1 unspecified atom stereocenters. The molecule has 0 aliphatic carbocycles. The zero-order chi connectivity index (χ0) is 22.7. The fraction of sp³-hybridized carbons (Fsp3) is 0.375. The van der Waals surface area contributed by atoms with E-state index in [9.17, 15) is 9.59 Å². The van der Waals surface area contributed by atoms with Gasteiger partial charge in [-0.15, -0.1) is 0 Å². The Hall–Kier alpha value is -3.55. The predicted octanol–water partition coefficient (Wildman–Crippen LogP) is 3.06. The molecule has 32 heavy (non-hydrogen) atoms. The molecule has 166 valence electrons. The lowest BCUT2D eigenvalue weighted by atomic mass is 9.96. The van der Waals surface area contributed by atoms with E-state index in [1.807, 2.05) is 48.3 Å². The van der Waals surface area contributed by atoms with E-state index in [0.29, 0.717) is 37.0 Å². The minimum atomic E-state index is -0.0622. The van der Waals surface area contributed by atoms with Gasteiger partial charge in [-0.2, -0.15) is 0 Å². The predicted molar refractivity (Wildman–Crippen MR) is 123 cm³/mol. The number of carbonyl (C=O) groups excluding carboxylic acids is 2. The zero-order valence-corrected chi connectivity index (χ0v) is 18.7. The molecule has 1 N–H and O–H groups in total. The standard InChI is InChI=1S/C24H28N6O2/c1-16(31)29(3)15-19-13-21(25-2)28-23(27-19)18-8-6-12-30(14-18)24(32)22-20-9-5-4-7-17(20)10-11-26-22/h4-5,7,9-11,13,18H,6,8,12,14-15H2,1-3H3,(H,25,27,28). The van der Waals surface area contributed by atoms with Crippen LogP contribution in [-0.2, 0) is 11.3 Å². The van der Waals surface area contributed by atoms with Crippen molar-refractivity contribution >= 4 is 28.4 Å². The molecule has 3 heterocycles. The summed E-state index contributed by atoms with van der Waals surface area (Å²) >= 11 is 0. The first-order chi connectivity index (χ1) is 15.5. The maximum Gasteiger partial charge on any atom is 0.273 e. The topological polar surface area (TPSA) is 91.3 Å². The lowest BCUT2D eigenvalue weighted by Gasteiger charge is -2.32. The fourth-order valence-electron chi connectivity index (χ4n) is 4.08. The Morgan fingerprint density at radius 1 is 1.22 bits per heavy atom. The Morgan fingerprint density at radius 3 is 2.81 bits per heavy atom. The Balaban J connectivity index is 1.58. The monoisotopic (exact) mass is 432 g/mol. The highest BCUT2D eigenvalue weighted by Crippen LogP contribution is 2.28. The van der Waals surface area contributed by atoms with Gasteiger partial charge in [0.1, 0.15) is 17.3 Å². The Kier molecular flexibility index (Phi) is 6.30. The second-order valence-electron chi connectivity index (χ2n) is 8.20. The molecule has 0 saturated carbocycles. The smallest absolute Gasteiger partial charge is 0.273 e. The number of pyridine rings is 1. The molecule has 0 bridgehead atoms. The normalized spacial score (nSPS) is 16.1. The highest BCUT2D eigenvalue weighted by Gasteiger charge is 2.29. The molecule has 2 aromatic heterocycles. The van der Waals surface area contributed by atoms with Crippen LogP contribution in [0.4, 0.5) is 5.82 Å². The summed E-state index contributed by atoms with van der Waals surface area (Å²) in [5.74, 6) is 1.35. The fourth-order valence-corrected chi connectivity index (χ4v) is 4.08. The second-order valence-corrected chi connectivity index (χ2v) is 8.20. The number of nitrogens with one attached hydrogen (secondary N) is 1. The number of amides is 2. The van der Waals surface area contributed by atoms with E-state index in [2.05, 4.69) is 15.3 Å². The van der Waals surface area contributed by atoms with E-state index in [1.165, 1.54) is 6.92 Å². The van der Waals surface area contributed by atoms with E-state index < -0.39 is 0 Å². The first-order valence-electron chi connectivity index (χ1n) is 10.9. The molecule has 1 atom stereocenters. The van der Waals surface area contributed by atoms with Crippen LogP contribution in [0.2, 0.25) is 0 Å². The summed E-state index contributed by atoms with van der Waals surface area (Å²) in [5, 5.41) is 4.95. The van der Waals surface area contributed by atoms with Gasteiger partial charge in [-0.1, -0.05) is 24.3 Å². The molecule has 1 aliphatic heterocycles. The van der Waals surface area contributed by atoms with Gasteiger partial charge < -0.3 is 15.1 Å². The van der Waals surface area contributed by atoms with Crippen molar-refractivity contribution in [3.05, 3.63) is 59.8 Å². The van der Waals surface area contributed by atoms with Crippen molar-refractivity contribution in [2.75, 3.05) is 32.5 Å². The average molecular weight is 433 g/mol. The summed E-state index contributed by atoms with van der Waals surface area (Å²) < 4.78 is 0. The molecule has 2 amide bonds. The summed E-state index contributed by atoms with van der Waals surface area (Å²) in [6, 6.07) is 11.6. The van der Waals surface area contributed by atoms with Gasteiger partial charge in [0.2, 0.25) is 5.91 Å². The molecule has 0 radical (unpaired) electrons. The minimum Gasteiger partial charge on any atom is -0.373 e. The van der Waals surface area contributed by atoms with E-state index in [-0.39, 0.29) is 17.7 Å². The maximum atomic E-state index is 13.4. The highest BCUT2D eigenvalue weighted by atomic mass is 16.2. The number of anilines is 1. The van der Waals surface area contributed by atoms with Gasteiger partial charge in [-0.25, -0.2) is 9.97 Å². The number of piperidine rings is 1. The zero-order valence-electron chi connectivity index (χ0n) is 18.7.